The van der Waals surface area contributed by atoms with Gasteiger partial charge in [0, 0.05) is 17.6 Å². The molecule has 3 amide bonds. The van der Waals surface area contributed by atoms with E-state index in [9.17, 15) is 22.8 Å². The molecule has 2 aromatic rings. The zero-order valence-corrected chi connectivity index (χ0v) is 18.0. The highest BCUT2D eigenvalue weighted by Crippen LogP contribution is 2.43. The molecule has 0 radical (unpaired) electrons. The molecule has 3 rings (SSSR count). The van der Waals surface area contributed by atoms with Gasteiger partial charge in [-0.2, -0.15) is 13.2 Å². The lowest BCUT2D eigenvalue weighted by Gasteiger charge is -2.35. The number of carbonyl (C=O) groups is 2. The average molecular weight is 443 g/mol. The van der Waals surface area contributed by atoms with Gasteiger partial charge in [0.2, 0.25) is 5.91 Å². The zero-order chi connectivity index (χ0) is 23.7. The van der Waals surface area contributed by atoms with Gasteiger partial charge in [-0.3, -0.25) is 9.69 Å². The predicted octanol–water partition coefficient (Wildman–Crippen LogP) is 5.28. The number of aryl methyl sites for hydroxylation is 1. The molecule has 2 N–H and O–H groups in total. The minimum absolute atomic E-state index is 0.0943. The van der Waals surface area contributed by atoms with E-state index < -0.39 is 29.4 Å². The van der Waals surface area contributed by atoms with Crippen molar-refractivity contribution in [2.45, 2.75) is 51.4 Å². The molecule has 168 valence electrons. The summed E-state index contributed by atoms with van der Waals surface area (Å²) in [7, 11) is 0. The molecule has 32 heavy (non-hydrogen) atoms. The minimum atomic E-state index is -4.76. The Morgan fingerprint density at radius 2 is 1.78 bits per heavy atom. The van der Waals surface area contributed by atoms with E-state index in [2.05, 4.69) is 16.6 Å². The molecule has 1 aliphatic rings. The second kappa shape index (κ2) is 8.58. The maximum Gasteiger partial charge on any atom is 0.418 e. The number of benzene rings is 2. The summed E-state index contributed by atoms with van der Waals surface area (Å²) in [4.78, 5) is 26.3. The Labute approximate surface area is 185 Å². The lowest BCUT2D eigenvalue weighted by Crippen LogP contribution is -2.43. The molecule has 1 aliphatic heterocycles. The first-order chi connectivity index (χ1) is 14.9. The van der Waals surface area contributed by atoms with E-state index in [1.165, 1.54) is 11.0 Å². The first-order valence-corrected chi connectivity index (χ1v) is 10.1. The van der Waals surface area contributed by atoms with Gasteiger partial charge in [-0.15, -0.1) is 6.42 Å². The highest BCUT2D eigenvalue weighted by Gasteiger charge is 2.38. The summed E-state index contributed by atoms with van der Waals surface area (Å²) < 4.78 is 41.8. The molecule has 0 unspecified atom stereocenters. The predicted molar refractivity (Wildman–Crippen MR) is 117 cm³/mol. The fourth-order valence-electron chi connectivity index (χ4n) is 3.62. The Morgan fingerprint density at radius 3 is 2.34 bits per heavy atom. The Morgan fingerprint density at radius 1 is 1.12 bits per heavy atom. The molecule has 0 aliphatic carbocycles. The lowest BCUT2D eigenvalue weighted by molar-refractivity contribution is -0.137. The van der Waals surface area contributed by atoms with Crippen LogP contribution < -0.4 is 15.5 Å². The van der Waals surface area contributed by atoms with Crippen molar-refractivity contribution in [3.63, 3.8) is 0 Å². The van der Waals surface area contributed by atoms with E-state index in [-0.39, 0.29) is 30.1 Å². The van der Waals surface area contributed by atoms with E-state index in [0.29, 0.717) is 11.1 Å². The maximum atomic E-state index is 13.9. The summed E-state index contributed by atoms with van der Waals surface area (Å²) in [6, 6.07) is 9.29. The van der Waals surface area contributed by atoms with Gasteiger partial charge >= 0.3 is 12.2 Å². The van der Waals surface area contributed by atoms with Crippen LogP contribution in [0.25, 0.3) is 0 Å². The summed E-state index contributed by atoms with van der Waals surface area (Å²) in [5.41, 5.74) is -0.832. The number of amides is 3. The standard InChI is InChI=1S/C24H24F3N3O2/c1-5-19(15-9-7-6-8-10-15)30-20-14-17(24(25,26)27)18(13-16(20)11-12-21(30)31)28-22(32)29-23(2,3)4/h1,6-10,13-14,19H,11-12H2,2-4H3,(H2,28,29,32)/t19-/m0/s1. The number of fused-ring (bicyclic) bond motifs is 1. The van der Waals surface area contributed by atoms with Gasteiger partial charge in [0.25, 0.3) is 0 Å². The Balaban J connectivity index is 2.10. The average Bonchev–Trinajstić information content (AvgIpc) is 2.68. The van der Waals surface area contributed by atoms with Crippen LogP contribution in [0, 0.1) is 12.3 Å². The van der Waals surface area contributed by atoms with Gasteiger partial charge in [-0.05, 0) is 50.5 Å². The number of hydrogen-bond acceptors (Lipinski definition) is 2. The summed E-state index contributed by atoms with van der Waals surface area (Å²) in [5, 5.41) is 4.89. The largest absolute Gasteiger partial charge is 0.418 e. The van der Waals surface area contributed by atoms with Crippen molar-refractivity contribution in [3.05, 3.63) is 59.2 Å². The van der Waals surface area contributed by atoms with Crippen LogP contribution in [-0.2, 0) is 17.4 Å². The first-order valence-electron chi connectivity index (χ1n) is 10.1. The fourth-order valence-corrected chi connectivity index (χ4v) is 3.62. The van der Waals surface area contributed by atoms with E-state index >= 15 is 0 Å². The number of rotatable bonds is 3. The molecule has 1 atom stereocenters. The van der Waals surface area contributed by atoms with Gasteiger partial charge < -0.3 is 10.6 Å². The highest BCUT2D eigenvalue weighted by atomic mass is 19.4. The normalized spacial score (nSPS) is 14.9. The molecule has 0 fully saturated rings. The third-order valence-electron chi connectivity index (χ3n) is 4.93. The summed E-state index contributed by atoms with van der Waals surface area (Å²) in [6.45, 7) is 5.16. The van der Waals surface area contributed by atoms with Crippen LogP contribution in [0.15, 0.2) is 42.5 Å². The van der Waals surface area contributed by atoms with Crippen molar-refractivity contribution < 1.29 is 22.8 Å². The second-order valence-electron chi connectivity index (χ2n) is 8.60. The molecule has 0 spiro atoms. The van der Waals surface area contributed by atoms with Crippen LogP contribution in [0.5, 0.6) is 0 Å². The molecule has 0 aromatic heterocycles. The highest BCUT2D eigenvalue weighted by molar-refractivity contribution is 5.99. The van der Waals surface area contributed by atoms with Crippen molar-refractivity contribution in [1.82, 2.24) is 5.32 Å². The van der Waals surface area contributed by atoms with Gasteiger partial charge in [-0.1, -0.05) is 36.3 Å². The number of nitrogens with zero attached hydrogens (tertiary/aromatic N) is 1. The zero-order valence-electron chi connectivity index (χ0n) is 18.0. The topological polar surface area (TPSA) is 61.4 Å². The van der Waals surface area contributed by atoms with E-state index in [4.69, 9.17) is 6.42 Å². The van der Waals surface area contributed by atoms with Crippen LogP contribution in [0.2, 0.25) is 0 Å². The number of nitrogens with one attached hydrogen (secondary N) is 2. The molecule has 1 heterocycles. The number of terminal acetylenes is 1. The molecule has 8 heteroatoms. The number of urea groups is 1. The first kappa shape index (κ1) is 23.2. The van der Waals surface area contributed by atoms with E-state index in [1.807, 2.05) is 0 Å². The quantitative estimate of drug-likeness (QED) is 0.634. The fraction of sp³-hybridized carbons (Fsp3) is 0.333. The molecular formula is C24H24F3N3O2. The van der Waals surface area contributed by atoms with E-state index in [1.54, 1.807) is 51.1 Å². The Hall–Kier alpha value is -3.47. The summed E-state index contributed by atoms with van der Waals surface area (Å²) in [6.07, 6.45) is 1.28. The number of halogens is 3. The van der Waals surface area contributed by atoms with Crippen LogP contribution in [0.1, 0.15) is 49.9 Å². The van der Waals surface area contributed by atoms with Gasteiger partial charge in [0.15, 0.2) is 0 Å². The number of alkyl halides is 3. The van der Waals surface area contributed by atoms with Crippen LogP contribution in [-0.4, -0.2) is 17.5 Å². The number of carbonyl (C=O) groups excluding carboxylic acids is 2. The SMILES string of the molecule is C#C[C@@H](c1ccccc1)N1C(=O)CCc2cc(NC(=O)NC(C)(C)C)c(C(F)(F)F)cc21. The van der Waals surface area contributed by atoms with Crippen molar-refractivity contribution in [3.8, 4) is 12.3 Å². The number of hydrogen-bond donors (Lipinski definition) is 2. The van der Waals surface area contributed by atoms with Crippen LogP contribution >= 0.6 is 0 Å². The van der Waals surface area contributed by atoms with Gasteiger partial charge in [-0.25, -0.2) is 4.79 Å². The van der Waals surface area contributed by atoms with Gasteiger partial charge in [0.1, 0.15) is 6.04 Å². The maximum absolute atomic E-state index is 13.9. The molecule has 2 aromatic carbocycles. The van der Waals surface area contributed by atoms with Crippen molar-refractivity contribution >= 4 is 23.3 Å². The molecule has 0 bridgehead atoms. The smallest absolute Gasteiger partial charge is 0.333 e. The van der Waals surface area contributed by atoms with Crippen LogP contribution in [0.4, 0.5) is 29.3 Å². The van der Waals surface area contributed by atoms with E-state index in [0.717, 1.165) is 6.07 Å². The monoisotopic (exact) mass is 443 g/mol. The Bertz CT molecular complexity index is 1070. The lowest BCUT2D eigenvalue weighted by atomic mass is 9.94. The summed E-state index contributed by atoms with van der Waals surface area (Å²) >= 11 is 0. The summed E-state index contributed by atoms with van der Waals surface area (Å²) in [5.74, 6) is 2.18. The molecule has 0 saturated heterocycles. The molecule has 5 nitrogen and oxygen atoms in total. The minimum Gasteiger partial charge on any atom is -0.333 e. The molecule has 0 saturated carbocycles. The van der Waals surface area contributed by atoms with Crippen LogP contribution in [0.3, 0.4) is 0 Å². The van der Waals surface area contributed by atoms with Gasteiger partial charge in [0.05, 0.1) is 11.3 Å². The third kappa shape index (κ3) is 5.05. The van der Waals surface area contributed by atoms with Crippen molar-refractivity contribution in [2.24, 2.45) is 0 Å². The van der Waals surface area contributed by atoms with Crippen molar-refractivity contribution in [2.75, 3.05) is 10.2 Å². The Kier molecular flexibility index (Phi) is 6.22. The molecular weight excluding hydrogens is 419 g/mol. The second-order valence-corrected chi connectivity index (χ2v) is 8.60. The number of anilines is 2. The van der Waals surface area contributed by atoms with Crippen molar-refractivity contribution in [1.29, 1.82) is 0 Å². The third-order valence-corrected chi connectivity index (χ3v) is 4.93.